The minimum atomic E-state index is -0.0339. The van der Waals surface area contributed by atoms with E-state index in [9.17, 15) is 0 Å². The van der Waals surface area contributed by atoms with Gasteiger partial charge in [0, 0.05) is 32.4 Å². The highest BCUT2D eigenvalue weighted by Crippen LogP contribution is 2.43. The van der Waals surface area contributed by atoms with Gasteiger partial charge in [-0.2, -0.15) is 0 Å². The monoisotopic (exact) mass is 306 g/mol. The summed E-state index contributed by atoms with van der Waals surface area (Å²) in [6.07, 6.45) is 6.17. The molecule has 2 aliphatic rings. The van der Waals surface area contributed by atoms with Gasteiger partial charge in [0.1, 0.15) is 0 Å². The van der Waals surface area contributed by atoms with Crippen LogP contribution in [0.2, 0.25) is 0 Å². The van der Waals surface area contributed by atoms with E-state index in [4.69, 9.17) is 14.6 Å². The van der Waals surface area contributed by atoms with E-state index < -0.39 is 0 Å². The maximum atomic E-state index is 8.96. The van der Waals surface area contributed by atoms with Crippen molar-refractivity contribution in [3.63, 3.8) is 0 Å². The van der Waals surface area contributed by atoms with Crippen molar-refractivity contribution < 1.29 is 14.6 Å². The standard InChI is InChI=1S/C17H26N2O3/c1-21-17-6-5-15(22-11-10-20)12-16(17)19(9-7-17)13-14-4-2-3-8-18-14/h2-4,8,15-16,20H,5-7,9-13H2,1H3/t15?,16?,17-/m1/s1. The maximum Gasteiger partial charge on any atom is 0.0847 e. The molecule has 2 unspecified atom stereocenters. The highest BCUT2D eigenvalue weighted by atomic mass is 16.5. The van der Waals surface area contributed by atoms with Crippen LogP contribution in [0.4, 0.5) is 0 Å². The predicted molar refractivity (Wildman–Crippen MR) is 83.5 cm³/mol. The van der Waals surface area contributed by atoms with Crippen LogP contribution in [0.1, 0.15) is 31.4 Å². The Balaban J connectivity index is 1.69. The third-order valence-electron chi connectivity index (χ3n) is 5.19. The van der Waals surface area contributed by atoms with E-state index in [1.54, 1.807) is 0 Å². The van der Waals surface area contributed by atoms with Gasteiger partial charge >= 0.3 is 0 Å². The van der Waals surface area contributed by atoms with Gasteiger partial charge in [0.05, 0.1) is 30.6 Å². The summed E-state index contributed by atoms with van der Waals surface area (Å²) in [7, 11) is 1.84. The zero-order valence-electron chi connectivity index (χ0n) is 13.3. The number of aliphatic hydroxyl groups excluding tert-OH is 1. The SMILES string of the molecule is CO[C@@]12CCC(OCCO)CC1N(Cc1ccccn1)CC2. The summed E-state index contributed by atoms with van der Waals surface area (Å²) in [5.74, 6) is 0. The molecular weight excluding hydrogens is 280 g/mol. The Labute approximate surface area is 132 Å². The summed E-state index contributed by atoms with van der Waals surface area (Å²) in [6, 6.07) is 6.44. The van der Waals surface area contributed by atoms with Gasteiger partial charge in [0.2, 0.25) is 0 Å². The Bertz CT molecular complexity index is 470. The number of hydrogen-bond acceptors (Lipinski definition) is 5. The third-order valence-corrected chi connectivity index (χ3v) is 5.19. The van der Waals surface area contributed by atoms with Crippen molar-refractivity contribution in [2.75, 3.05) is 26.9 Å². The lowest BCUT2D eigenvalue weighted by atomic mass is 9.79. The van der Waals surface area contributed by atoms with Crippen molar-refractivity contribution >= 4 is 0 Å². The molecule has 1 saturated heterocycles. The molecule has 1 saturated carbocycles. The van der Waals surface area contributed by atoms with Gasteiger partial charge in [0.25, 0.3) is 0 Å². The Morgan fingerprint density at radius 1 is 1.41 bits per heavy atom. The molecule has 3 atom stereocenters. The predicted octanol–water partition coefficient (Wildman–Crippen LogP) is 1.60. The molecule has 122 valence electrons. The number of fused-ring (bicyclic) bond motifs is 1. The molecule has 0 bridgehead atoms. The van der Waals surface area contributed by atoms with E-state index in [0.29, 0.717) is 12.6 Å². The number of aromatic nitrogens is 1. The van der Waals surface area contributed by atoms with Gasteiger partial charge in [-0.3, -0.25) is 9.88 Å². The molecular formula is C17H26N2O3. The zero-order valence-corrected chi connectivity index (χ0v) is 13.3. The molecule has 0 aromatic carbocycles. The first-order valence-electron chi connectivity index (χ1n) is 8.19. The quantitative estimate of drug-likeness (QED) is 0.865. The molecule has 1 N–H and O–H groups in total. The average Bonchev–Trinajstić information content (AvgIpc) is 2.92. The van der Waals surface area contributed by atoms with Crippen molar-refractivity contribution in [2.24, 2.45) is 0 Å². The lowest BCUT2D eigenvalue weighted by Gasteiger charge is -2.43. The number of aliphatic hydroxyl groups is 1. The third kappa shape index (κ3) is 3.18. The molecule has 5 heteroatoms. The van der Waals surface area contributed by atoms with E-state index in [1.807, 2.05) is 25.4 Å². The van der Waals surface area contributed by atoms with Crippen LogP contribution in [0.5, 0.6) is 0 Å². The van der Waals surface area contributed by atoms with E-state index in [-0.39, 0.29) is 18.3 Å². The number of ether oxygens (including phenoxy) is 2. The largest absolute Gasteiger partial charge is 0.394 e. The lowest BCUT2D eigenvalue weighted by Crippen LogP contribution is -2.51. The smallest absolute Gasteiger partial charge is 0.0847 e. The molecule has 2 fully saturated rings. The molecule has 0 radical (unpaired) electrons. The molecule has 5 nitrogen and oxygen atoms in total. The lowest BCUT2D eigenvalue weighted by molar-refractivity contribution is -0.104. The topological polar surface area (TPSA) is 54.8 Å². The maximum absolute atomic E-state index is 8.96. The zero-order chi connectivity index (χ0) is 15.4. The first kappa shape index (κ1) is 15.9. The summed E-state index contributed by atoms with van der Waals surface area (Å²) in [6.45, 7) is 2.43. The summed E-state index contributed by atoms with van der Waals surface area (Å²) in [4.78, 5) is 6.94. The molecule has 0 spiro atoms. The Hall–Kier alpha value is -1.01. The van der Waals surface area contributed by atoms with Crippen LogP contribution >= 0.6 is 0 Å². The number of rotatable bonds is 6. The number of nitrogens with zero attached hydrogens (tertiary/aromatic N) is 2. The summed E-state index contributed by atoms with van der Waals surface area (Å²) in [5.41, 5.74) is 1.07. The molecule has 22 heavy (non-hydrogen) atoms. The van der Waals surface area contributed by atoms with Gasteiger partial charge in [-0.15, -0.1) is 0 Å². The van der Waals surface area contributed by atoms with Crippen molar-refractivity contribution in [1.29, 1.82) is 0 Å². The molecule has 0 amide bonds. The summed E-state index contributed by atoms with van der Waals surface area (Å²) >= 11 is 0. The van der Waals surface area contributed by atoms with Gasteiger partial charge in [-0.25, -0.2) is 0 Å². The van der Waals surface area contributed by atoms with Crippen LogP contribution in [0, 0.1) is 0 Å². The molecule has 1 aliphatic heterocycles. The summed E-state index contributed by atoms with van der Waals surface area (Å²) in [5, 5.41) is 8.96. The van der Waals surface area contributed by atoms with Crippen LogP contribution in [0.15, 0.2) is 24.4 Å². The average molecular weight is 306 g/mol. The fourth-order valence-electron chi connectivity index (χ4n) is 4.02. The van der Waals surface area contributed by atoms with Crippen molar-refractivity contribution in [2.45, 2.75) is 50.0 Å². The van der Waals surface area contributed by atoms with E-state index >= 15 is 0 Å². The number of pyridine rings is 1. The second-order valence-electron chi connectivity index (χ2n) is 6.32. The summed E-state index contributed by atoms with van der Waals surface area (Å²) < 4.78 is 11.7. The fourth-order valence-corrected chi connectivity index (χ4v) is 4.02. The number of likely N-dealkylation sites (tertiary alicyclic amines) is 1. The first-order chi connectivity index (χ1) is 10.8. The van der Waals surface area contributed by atoms with Gasteiger partial charge in [-0.05, 0) is 37.8 Å². The molecule has 2 heterocycles. The Morgan fingerprint density at radius 2 is 2.32 bits per heavy atom. The van der Waals surface area contributed by atoms with Gasteiger partial charge in [-0.1, -0.05) is 6.07 Å². The first-order valence-corrected chi connectivity index (χ1v) is 8.19. The van der Waals surface area contributed by atoms with E-state index in [2.05, 4.69) is 16.0 Å². The van der Waals surface area contributed by atoms with E-state index in [0.717, 1.165) is 44.5 Å². The van der Waals surface area contributed by atoms with Crippen LogP contribution in [-0.4, -0.2) is 59.6 Å². The van der Waals surface area contributed by atoms with Crippen LogP contribution in [0.25, 0.3) is 0 Å². The van der Waals surface area contributed by atoms with Gasteiger partial charge in [0.15, 0.2) is 0 Å². The normalized spacial score (nSPS) is 32.1. The molecule has 3 rings (SSSR count). The number of hydrogen-bond donors (Lipinski definition) is 1. The Kier molecular flexibility index (Phi) is 5.08. The minimum absolute atomic E-state index is 0.0339. The molecule has 1 aromatic heterocycles. The van der Waals surface area contributed by atoms with Crippen molar-refractivity contribution in [1.82, 2.24) is 9.88 Å². The number of methoxy groups -OCH3 is 1. The highest BCUT2D eigenvalue weighted by Gasteiger charge is 2.51. The molecule has 1 aliphatic carbocycles. The molecule has 1 aromatic rings. The second kappa shape index (κ2) is 7.04. The second-order valence-corrected chi connectivity index (χ2v) is 6.32. The minimum Gasteiger partial charge on any atom is -0.394 e. The van der Waals surface area contributed by atoms with Gasteiger partial charge < -0.3 is 14.6 Å². The fraction of sp³-hybridized carbons (Fsp3) is 0.706. The Morgan fingerprint density at radius 3 is 3.05 bits per heavy atom. The van der Waals surface area contributed by atoms with Crippen molar-refractivity contribution in [3.05, 3.63) is 30.1 Å². The highest BCUT2D eigenvalue weighted by molar-refractivity contribution is 5.09. The van der Waals surface area contributed by atoms with Crippen molar-refractivity contribution in [3.8, 4) is 0 Å². The van der Waals surface area contributed by atoms with Crippen LogP contribution < -0.4 is 0 Å². The van der Waals surface area contributed by atoms with Crippen LogP contribution in [0.3, 0.4) is 0 Å². The van der Waals surface area contributed by atoms with E-state index in [1.165, 1.54) is 0 Å². The van der Waals surface area contributed by atoms with Crippen LogP contribution in [-0.2, 0) is 16.0 Å².